The number of carboxylic acids is 1. The van der Waals surface area contributed by atoms with E-state index in [2.05, 4.69) is 0 Å². The molecular formula is C17H17NO5S2. The molecule has 0 radical (unpaired) electrons. The maximum Gasteiger partial charge on any atom is 0.335 e. The lowest BCUT2D eigenvalue weighted by Gasteiger charge is -2.13. The third kappa shape index (κ3) is 5.14. The molecule has 0 saturated carbocycles. The molecule has 2 rings (SSSR count). The quantitative estimate of drug-likeness (QED) is 0.443. The summed E-state index contributed by atoms with van der Waals surface area (Å²) >= 11 is 6.36. The minimum absolute atomic E-state index is 0.0903. The maximum atomic E-state index is 12.4. The van der Waals surface area contributed by atoms with Crippen molar-refractivity contribution in [3.05, 3.63) is 40.3 Å². The fraction of sp³-hybridized carbons (Fsp3) is 0.294. The first kappa shape index (κ1) is 19.1. The van der Waals surface area contributed by atoms with Gasteiger partial charge in [-0.25, -0.2) is 4.79 Å². The van der Waals surface area contributed by atoms with Gasteiger partial charge in [0.05, 0.1) is 23.5 Å². The Bertz CT molecular complexity index is 727. The normalized spacial score (nSPS) is 15.7. The molecule has 6 nitrogen and oxygen atoms in total. The predicted molar refractivity (Wildman–Crippen MR) is 99.1 cm³/mol. The monoisotopic (exact) mass is 379 g/mol. The van der Waals surface area contributed by atoms with Gasteiger partial charge in [0, 0.05) is 6.54 Å². The van der Waals surface area contributed by atoms with Gasteiger partial charge >= 0.3 is 11.9 Å². The van der Waals surface area contributed by atoms with Gasteiger partial charge in [0.15, 0.2) is 0 Å². The molecule has 1 N–H and O–H groups in total. The standard InChI is InChI=1S/C17H17NO5S2/c1-2-9-23-14(19)7-8-18-15(20)13(25-17(18)24)10-11-3-5-12(6-4-11)16(21)22/h3-6,10H,2,7-9H2,1H3,(H,21,22)/b13-10-. The average molecular weight is 379 g/mol. The van der Waals surface area contributed by atoms with Crippen LogP contribution < -0.4 is 0 Å². The molecular weight excluding hydrogens is 362 g/mol. The number of rotatable bonds is 7. The lowest BCUT2D eigenvalue weighted by Crippen LogP contribution is -2.30. The second-order valence-electron chi connectivity index (χ2n) is 5.23. The number of esters is 1. The number of nitrogens with zero attached hydrogens (tertiary/aromatic N) is 1. The lowest BCUT2D eigenvalue weighted by molar-refractivity contribution is -0.143. The molecule has 1 aromatic rings. The van der Waals surface area contributed by atoms with Gasteiger partial charge in [-0.2, -0.15) is 0 Å². The van der Waals surface area contributed by atoms with E-state index in [1.807, 2.05) is 6.92 Å². The number of carbonyl (C=O) groups excluding carboxylic acids is 2. The van der Waals surface area contributed by atoms with Crippen LogP contribution in [0.1, 0.15) is 35.7 Å². The highest BCUT2D eigenvalue weighted by atomic mass is 32.2. The Hall–Kier alpha value is -2.19. The number of ether oxygens (including phenoxy) is 1. The Morgan fingerprint density at radius 3 is 2.60 bits per heavy atom. The zero-order chi connectivity index (χ0) is 18.4. The Labute approximate surface area is 154 Å². The highest BCUT2D eigenvalue weighted by molar-refractivity contribution is 8.26. The van der Waals surface area contributed by atoms with E-state index in [4.69, 9.17) is 22.1 Å². The van der Waals surface area contributed by atoms with E-state index in [1.54, 1.807) is 18.2 Å². The largest absolute Gasteiger partial charge is 0.478 e. The Kier molecular flexibility index (Phi) is 6.72. The van der Waals surface area contributed by atoms with E-state index in [-0.39, 0.29) is 30.4 Å². The molecule has 8 heteroatoms. The molecule has 1 amide bonds. The van der Waals surface area contributed by atoms with Crippen molar-refractivity contribution in [1.29, 1.82) is 0 Å². The van der Waals surface area contributed by atoms with Crippen molar-refractivity contribution in [2.24, 2.45) is 0 Å². The van der Waals surface area contributed by atoms with Gasteiger partial charge in [0.1, 0.15) is 4.32 Å². The molecule has 1 aliphatic rings. The maximum absolute atomic E-state index is 12.4. The third-order valence-electron chi connectivity index (χ3n) is 3.34. The summed E-state index contributed by atoms with van der Waals surface area (Å²) in [6, 6.07) is 6.19. The zero-order valence-electron chi connectivity index (χ0n) is 13.6. The lowest BCUT2D eigenvalue weighted by atomic mass is 10.1. The van der Waals surface area contributed by atoms with Crippen LogP contribution in [0.5, 0.6) is 0 Å². The van der Waals surface area contributed by atoms with Crippen LogP contribution in [-0.4, -0.2) is 45.3 Å². The first-order valence-corrected chi connectivity index (χ1v) is 8.89. The van der Waals surface area contributed by atoms with E-state index >= 15 is 0 Å². The van der Waals surface area contributed by atoms with Crippen LogP contribution in [0.3, 0.4) is 0 Å². The van der Waals surface area contributed by atoms with Crippen molar-refractivity contribution in [2.75, 3.05) is 13.2 Å². The first-order valence-electron chi connectivity index (χ1n) is 7.66. The topological polar surface area (TPSA) is 83.9 Å². The molecule has 1 heterocycles. The molecule has 0 aromatic heterocycles. The number of thioether (sulfide) groups is 1. The van der Waals surface area contributed by atoms with Gasteiger partial charge in [-0.1, -0.05) is 43.0 Å². The van der Waals surface area contributed by atoms with Gasteiger partial charge in [-0.3, -0.25) is 14.5 Å². The highest BCUT2D eigenvalue weighted by Gasteiger charge is 2.32. The molecule has 132 valence electrons. The molecule has 0 atom stereocenters. The van der Waals surface area contributed by atoms with Crippen LogP contribution in [0.2, 0.25) is 0 Å². The summed E-state index contributed by atoms with van der Waals surface area (Å²) in [4.78, 5) is 36.7. The number of amides is 1. The minimum Gasteiger partial charge on any atom is -0.478 e. The van der Waals surface area contributed by atoms with Crippen LogP contribution in [0.4, 0.5) is 0 Å². The number of benzene rings is 1. The number of carboxylic acid groups (broad SMARTS) is 1. The Balaban J connectivity index is 2.02. The van der Waals surface area contributed by atoms with Crippen molar-refractivity contribution in [2.45, 2.75) is 19.8 Å². The zero-order valence-corrected chi connectivity index (χ0v) is 15.2. The van der Waals surface area contributed by atoms with Crippen molar-refractivity contribution in [1.82, 2.24) is 4.90 Å². The first-order chi connectivity index (χ1) is 11.9. The van der Waals surface area contributed by atoms with Crippen LogP contribution in [0.25, 0.3) is 6.08 Å². The highest BCUT2D eigenvalue weighted by Crippen LogP contribution is 2.32. The Morgan fingerprint density at radius 2 is 2.00 bits per heavy atom. The second-order valence-corrected chi connectivity index (χ2v) is 6.91. The number of aromatic carboxylic acids is 1. The SMILES string of the molecule is CCCOC(=O)CCN1C(=O)/C(=C/c2ccc(C(=O)O)cc2)SC1=S. The van der Waals surface area contributed by atoms with E-state index < -0.39 is 5.97 Å². The van der Waals surface area contributed by atoms with Crippen molar-refractivity contribution in [3.8, 4) is 0 Å². The summed E-state index contributed by atoms with van der Waals surface area (Å²) in [5, 5.41) is 8.89. The van der Waals surface area contributed by atoms with Crippen LogP contribution in [0.15, 0.2) is 29.2 Å². The van der Waals surface area contributed by atoms with E-state index in [9.17, 15) is 14.4 Å². The molecule has 1 aliphatic heterocycles. The molecule has 1 fully saturated rings. The number of hydrogen-bond donors (Lipinski definition) is 1. The molecule has 0 bridgehead atoms. The van der Waals surface area contributed by atoms with E-state index in [1.165, 1.54) is 17.0 Å². The summed E-state index contributed by atoms with van der Waals surface area (Å²) in [5.41, 5.74) is 0.878. The molecule has 0 aliphatic carbocycles. The van der Waals surface area contributed by atoms with Gasteiger partial charge in [0.2, 0.25) is 0 Å². The summed E-state index contributed by atoms with van der Waals surface area (Å²) in [5.74, 6) is -1.63. The van der Waals surface area contributed by atoms with Gasteiger partial charge in [-0.15, -0.1) is 0 Å². The summed E-state index contributed by atoms with van der Waals surface area (Å²) in [7, 11) is 0. The summed E-state index contributed by atoms with van der Waals surface area (Å²) in [6.07, 6.45) is 2.49. The molecule has 1 saturated heterocycles. The number of hydrogen-bond acceptors (Lipinski definition) is 6. The van der Waals surface area contributed by atoms with Gasteiger partial charge in [0.25, 0.3) is 5.91 Å². The van der Waals surface area contributed by atoms with Crippen molar-refractivity contribution in [3.63, 3.8) is 0 Å². The smallest absolute Gasteiger partial charge is 0.335 e. The summed E-state index contributed by atoms with van der Waals surface area (Å²) < 4.78 is 5.38. The predicted octanol–water partition coefficient (Wildman–Crippen LogP) is 2.93. The van der Waals surface area contributed by atoms with Gasteiger partial charge < -0.3 is 9.84 Å². The molecule has 0 unspecified atom stereocenters. The van der Waals surface area contributed by atoms with E-state index in [0.29, 0.717) is 21.4 Å². The number of thiocarbonyl (C=S) groups is 1. The van der Waals surface area contributed by atoms with Crippen LogP contribution in [0, 0.1) is 0 Å². The van der Waals surface area contributed by atoms with Gasteiger partial charge in [-0.05, 0) is 30.2 Å². The Morgan fingerprint density at radius 1 is 1.32 bits per heavy atom. The second kappa shape index (κ2) is 8.77. The fourth-order valence-corrected chi connectivity index (χ4v) is 3.37. The number of carbonyl (C=O) groups is 3. The van der Waals surface area contributed by atoms with Crippen molar-refractivity contribution < 1.29 is 24.2 Å². The molecule has 1 aromatic carbocycles. The minimum atomic E-state index is -1.01. The van der Waals surface area contributed by atoms with Crippen molar-refractivity contribution >= 4 is 52.2 Å². The average Bonchev–Trinajstić information content (AvgIpc) is 2.85. The van der Waals surface area contributed by atoms with Crippen LogP contribution in [-0.2, 0) is 14.3 Å². The molecule has 0 spiro atoms. The van der Waals surface area contributed by atoms with Crippen LogP contribution >= 0.6 is 24.0 Å². The summed E-state index contributed by atoms with van der Waals surface area (Å²) in [6.45, 7) is 2.45. The van der Waals surface area contributed by atoms with E-state index in [0.717, 1.165) is 18.2 Å². The fourth-order valence-electron chi connectivity index (χ4n) is 2.06. The molecule has 25 heavy (non-hydrogen) atoms. The third-order valence-corrected chi connectivity index (χ3v) is 4.71.